The summed E-state index contributed by atoms with van der Waals surface area (Å²) in [5.74, 6) is -0.0516. The number of fused-ring (bicyclic) bond motifs is 1. The number of carbonyl (C=O) groups is 1. The van der Waals surface area contributed by atoms with Crippen LogP contribution in [0.3, 0.4) is 0 Å². The first kappa shape index (κ1) is 15.8. The van der Waals surface area contributed by atoms with Gasteiger partial charge in [0.05, 0.1) is 6.04 Å². The molecule has 0 aliphatic heterocycles. The van der Waals surface area contributed by atoms with Crippen LogP contribution in [0.1, 0.15) is 34.5 Å². The molecule has 1 atom stereocenters. The first-order chi connectivity index (χ1) is 11.1. The molecule has 1 amide bonds. The van der Waals surface area contributed by atoms with Gasteiger partial charge in [-0.2, -0.15) is 0 Å². The second-order valence-electron chi connectivity index (χ2n) is 5.72. The van der Waals surface area contributed by atoms with Crippen LogP contribution in [-0.2, 0) is 0 Å². The van der Waals surface area contributed by atoms with Gasteiger partial charge in [0.15, 0.2) is 0 Å². The minimum absolute atomic E-state index is 0.0516. The Bertz CT molecular complexity index is 867. The zero-order chi connectivity index (χ0) is 16.4. The number of halogens is 1. The van der Waals surface area contributed by atoms with Gasteiger partial charge in [-0.3, -0.25) is 4.79 Å². The molecule has 0 spiro atoms. The lowest BCUT2D eigenvalue weighted by Gasteiger charge is -2.17. The molecule has 0 bridgehead atoms. The molecule has 0 saturated heterocycles. The van der Waals surface area contributed by atoms with Crippen molar-refractivity contribution in [2.45, 2.75) is 19.9 Å². The highest BCUT2D eigenvalue weighted by Crippen LogP contribution is 2.25. The van der Waals surface area contributed by atoms with Gasteiger partial charge in [0, 0.05) is 10.0 Å². The number of amides is 1. The van der Waals surface area contributed by atoms with E-state index in [2.05, 4.69) is 45.5 Å². The molecular weight excluding hydrogens is 350 g/mol. The topological polar surface area (TPSA) is 29.1 Å². The largest absolute Gasteiger partial charge is 0.345 e. The molecule has 3 rings (SSSR count). The summed E-state index contributed by atoms with van der Waals surface area (Å²) in [7, 11) is 0. The Balaban J connectivity index is 1.90. The van der Waals surface area contributed by atoms with Crippen LogP contribution >= 0.6 is 15.9 Å². The fourth-order valence-electron chi connectivity index (χ4n) is 2.82. The van der Waals surface area contributed by atoms with Crippen molar-refractivity contribution in [3.63, 3.8) is 0 Å². The monoisotopic (exact) mass is 367 g/mol. The number of hydrogen-bond acceptors (Lipinski definition) is 1. The summed E-state index contributed by atoms with van der Waals surface area (Å²) in [5, 5.41) is 5.47. The summed E-state index contributed by atoms with van der Waals surface area (Å²) in [4.78, 5) is 12.6. The Labute approximate surface area is 144 Å². The summed E-state index contributed by atoms with van der Waals surface area (Å²) < 4.78 is 0.908. The third-order valence-electron chi connectivity index (χ3n) is 4.08. The van der Waals surface area contributed by atoms with E-state index in [9.17, 15) is 4.79 Å². The first-order valence-corrected chi connectivity index (χ1v) is 8.40. The average Bonchev–Trinajstić information content (AvgIpc) is 2.56. The van der Waals surface area contributed by atoms with E-state index in [1.165, 1.54) is 10.8 Å². The van der Waals surface area contributed by atoms with Gasteiger partial charge in [-0.05, 0) is 47.9 Å². The van der Waals surface area contributed by atoms with Gasteiger partial charge in [0.25, 0.3) is 5.91 Å². The van der Waals surface area contributed by atoms with Crippen molar-refractivity contribution in [2.24, 2.45) is 0 Å². The molecule has 1 N–H and O–H groups in total. The lowest BCUT2D eigenvalue weighted by molar-refractivity contribution is 0.0939. The van der Waals surface area contributed by atoms with E-state index in [0.717, 1.165) is 15.6 Å². The molecule has 2 nitrogen and oxygen atoms in total. The molecule has 23 heavy (non-hydrogen) atoms. The van der Waals surface area contributed by atoms with Crippen LogP contribution in [0.25, 0.3) is 10.8 Å². The van der Waals surface area contributed by atoms with Crippen molar-refractivity contribution in [2.75, 3.05) is 0 Å². The molecule has 116 valence electrons. The number of aryl methyl sites for hydroxylation is 1. The molecule has 0 aliphatic carbocycles. The molecule has 0 unspecified atom stereocenters. The van der Waals surface area contributed by atoms with Crippen LogP contribution in [0.15, 0.2) is 65.1 Å². The highest BCUT2D eigenvalue weighted by molar-refractivity contribution is 9.10. The van der Waals surface area contributed by atoms with E-state index in [-0.39, 0.29) is 11.9 Å². The number of rotatable bonds is 3. The van der Waals surface area contributed by atoms with E-state index >= 15 is 0 Å². The number of hydrogen-bond donors (Lipinski definition) is 1. The van der Waals surface area contributed by atoms with E-state index < -0.39 is 0 Å². The predicted molar refractivity (Wildman–Crippen MR) is 98.7 cm³/mol. The lowest BCUT2D eigenvalue weighted by atomic mass is 9.99. The summed E-state index contributed by atoms with van der Waals surface area (Å²) >= 11 is 3.43. The molecule has 0 fully saturated rings. The Hall–Kier alpha value is -2.13. The predicted octanol–water partition coefficient (Wildman–Crippen LogP) is 5.40. The SMILES string of the molecule is Cc1ccc(Br)cc1C(=O)N[C@H](C)c1cccc2ccccc12. The maximum absolute atomic E-state index is 12.6. The zero-order valence-corrected chi connectivity index (χ0v) is 14.7. The quantitative estimate of drug-likeness (QED) is 0.659. The molecule has 0 aliphatic rings. The van der Waals surface area contributed by atoms with Crippen LogP contribution < -0.4 is 5.32 Å². The van der Waals surface area contributed by atoms with Crippen LogP contribution in [0, 0.1) is 6.92 Å². The molecule has 3 aromatic rings. The summed E-state index contributed by atoms with van der Waals surface area (Å²) in [6, 6.07) is 20.1. The van der Waals surface area contributed by atoms with Gasteiger partial charge < -0.3 is 5.32 Å². The average molecular weight is 368 g/mol. The molecule has 3 aromatic carbocycles. The molecule has 0 radical (unpaired) electrons. The van der Waals surface area contributed by atoms with Crippen LogP contribution in [0.5, 0.6) is 0 Å². The third-order valence-corrected chi connectivity index (χ3v) is 4.57. The number of benzene rings is 3. The van der Waals surface area contributed by atoms with Gasteiger partial charge in [0.1, 0.15) is 0 Å². The van der Waals surface area contributed by atoms with Gasteiger partial charge in [0.2, 0.25) is 0 Å². The lowest BCUT2D eigenvalue weighted by Crippen LogP contribution is -2.27. The molecule has 3 heteroatoms. The van der Waals surface area contributed by atoms with Gasteiger partial charge in [-0.25, -0.2) is 0 Å². The number of nitrogens with one attached hydrogen (secondary N) is 1. The Morgan fingerprint density at radius 3 is 2.61 bits per heavy atom. The van der Waals surface area contributed by atoms with Crippen molar-refractivity contribution in [1.29, 1.82) is 0 Å². The molecule has 0 saturated carbocycles. The highest BCUT2D eigenvalue weighted by atomic mass is 79.9. The fourth-order valence-corrected chi connectivity index (χ4v) is 3.18. The Morgan fingerprint density at radius 1 is 1.04 bits per heavy atom. The molecular formula is C20H18BrNO. The maximum Gasteiger partial charge on any atom is 0.252 e. The van der Waals surface area contributed by atoms with Crippen molar-refractivity contribution in [3.8, 4) is 0 Å². The van der Waals surface area contributed by atoms with Crippen molar-refractivity contribution in [1.82, 2.24) is 5.32 Å². The molecule has 0 aromatic heterocycles. The van der Waals surface area contributed by atoms with Crippen molar-refractivity contribution >= 4 is 32.6 Å². The minimum atomic E-state index is -0.0630. The van der Waals surface area contributed by atoms with Crippen molar-refractivity contribution < 1.29 is 4.79 Å². The normalized spacial score (nSPS) is 12.1. The maximum atomic E-state index is 12.6. The van der Waals surface area contributed by atoms with Gasteiger partial charge in [-0.15, -0.1) is 0 Å². The first-order valence-electron chi connectivity index (χ1n) is 7.61. The minimum Gasteiger partial charge on any atom is -0.345 e. The van der Waals surface area contributed by atoms with E-state index in [1.807, 2.05) is 50.2 Å². The van der Waals surface area contributed by atoms with Crippen LogP contribution in [0.4, 0.5) is 0 Å². The van der Waals surface area contributed by atoms with E-state index in [0.29, 0.717) is 5.56 Å². The van der Waals surface area contributed by atoms with Gasteiger partial charge in [-0.1, -0.05) is 64.5 Å². The second-order valence-corrected chi connectivity index (χ2v) is 6.64. The van der Waals surface area contributed by atoms with E-state index in [1.54, 1.807) is 0 Å². The zero-order valence-electron chi connectivity index (χ0n) is 13.1. The fraction of sp³-hybridized carbons (Fsp3) is 0.150. The standard InChI is InChI=1S/C20H18BrNO/c1-13-10-11-16(21)12-19(13)20(23)22-14(2)17-9-5-7-15-6-3-4-8-18(15)17/h3-12,14H,1-2H3,(H,22,23)/t14-/m1/s1. The number of carbonyl (C=O) groups excluding carboxylic acids is 1. The van der Waals surface area contributed by atoms with Crippen LogP contribution in [0.2, 0.25) is 0 Å². The van der Waals surface area contributed by atoms with Crippen molar-refractivity contribution in [3.05, 3.63) is 81.8 Å². The van der Waals surface area contributed by atoms with Gasteiger partial charge >= 0.3 is 0 Å². The third kappa shape index (κ3) is 3.30. The summed E-state index contributed by atoms with van der Waals surface area (Å²) in [6.45, 7) is 3.97. The highest BCUT2D eigenvalue weighted by Gasteiger charge is 2.15. The molecule has 0 heterocycles. The van der Waals surface area contributed by atoms with E-state index in [4.69, 9.17) is 0 Å². The Morgan fingerprint density at radius 2 is 1.78 bits per heavy atom. The Kier molecular flexibility index (Phi) is 4.49. The summed E-state index contributed by atoms with van der Waals surface area (Å²) in [5.41, 5.74) is 2.80. The second kappa shape index (κ2) is 6.55. The van der Waals surface area contributed by atoms with Crippen LogP contribution in [-0.4, -0.2) is 5.91 Å². The summed E-state index contributed by atoms with van der Waals surface area (Å²) in [6.07, 6.45) is 0. The smallest absolute Gasteiger partial charge is 0.252 e.